The molecule has 8 heteroatoms. The van der Waals surface area contributed by atoms with Gasteiger partial charge in [-0.05, 0) is 32.1 Å². The minimum Gasteiger partial charge on any atom is -0.468 e. The van der Waals surface area contributed by atoms with Gasteiger partial charge in [0.15, 0.2) is 5.78 Å². The third kappa shape index (κ3) is 3.99. The van der Waals surface area contributed by atoms with Gasteiger partial charge in [0.25, 0.3) is 10.0 Å². The van der Waals surface area contributed by atoms with Gasteiger partial charge in [-0.3, -0.25) is 14.4 Å². The lowest BCUT2D eigenvalue weighted by Gasteiger charge is -2.21. The Morgan fingerprint density at radius 1 is 1.00 bits per heavy atom. The highest BCUT2D eigenvalue weighted by atomic mass is 32.2. The molecule has 0 unspecified atom stereocenters. The number of ketones is 2. The summed E-state index contributed by atoms with van der Waals surface area (Å²) in [7, 11) is -2.99. The summed E-state index contributed by atoms with van der Waals surface area (Å²) >= 11 is 0. The molecule has 1 atom stereocenters. The van der Waals surface area contributed by atoms with Gasteiger partial charge in [-0.1, -0.05) is 42.0 Å². The van der Waals surface area contributed by atoms with Crippen molar-refractivity contribution < 1.29 is 27.5 Å². The normalized spacial score (nSPS) is 15.9. The first kappa shape index (κ1) is 21.3. The smallest absolute Gasteiger partial charge is 0.320 e. The second-order valence-corrected chi connectivity index (χ2v) is 8.41. The van der Waals surface area contributed by atoms with E-state index in [9.17, 15) is 22.8 Å². The van der Waals surface area contributed by atoms with Crippen LogP contribution in [0.15, 0.2) is 69.5 Å². The Morgan fingerprint density at radius 2 is 1.60 bits per heavy atom. The van der Waals surface area contributed by atoms with Gasteiger partial charge in [-0.2, -0.15) is 12.8 Å². The molecule has 0 heterocycles. The fourth-order valence-corrected chi connectivity index (χ4v) is 4.16. The van der Waals surface area contributed by atoms with E-state index in [0.29, 0.717) is 5.56 Å². The highest BCUT2D eigenvalue weighted by Gasteiger charge is 2.37. The number of carbonyl (C=O) groups is 3. The Morgan fingerprint density at radius 3 is 2.17 bits per heavy atom. The monoisotopic (exact) mass is 425 g/mol. The molecule has 2 aromatic carbocycles. The van der Waals surface area contributed by atoms with Crippen molar-refractivity contribution in [2.45, 2.75) is 18.7 Å². The molecule has 0 spiro atoms. The van der Waals surface area contributed by atoms with Gasteiger partial charge in [0.05, 0.1) is 17.7 Å². The predicted molar refractivity (Wildman–Crippen MR) is 110 cm³/mol. The number of esters is 1. The zero-order chi connectivity index (χ0) is 22.1. The first-order chi connectivity index (χ1) is 14.2. The second kappa shape index (κ2) is 8.16. The molecule has 0 aromatic heterocycles. The predicted octanol–water partition coefficient (Wildman–Crippen LogP) is 2.67. The van der Waals surface area contributed by atoms with Gasteiger partial charge in [0.1, 0.15) is 11.7 Å². The Bertz CT molecular complexity index is 1210. The number of carbonyl (C=O) groups excluding carboxylic acids is 3. The molecule has 0 saturated carbocycles. The van der Waals surface area contributed by atoms with Crippen molar-refractivity contribution in [3.8, 4) is 0 Å². The number of hydrogen-bond donors (Lipinski definition) is 0. The third-order valence-electron chi connectivity index (χ3n) is 4.69. The first-order valence-corrected chi connectivity index (χ1v) is 10.5. The van der Waals surface area contributed by atoms with Crippen molar-refractivity contribution >= 4 is 33.3 Å². The van der Waals surface area contributed by atoms with Gasteiger partial charge < -0.3 is 4.74 Å². The number of hydrogen-bond acceptors (Lipinski definition) is 6. The van der Waals surface area contributed by atoms with E-state index in [1.807, 2.05) is 6.92 Å². The van der Waals surface area contributed by atoms with Crippen LogP contribution >= 0.6 is 0 Å². The minimum atomic E-state index is -4.10. The van der Waals surface area contributed by atoms with E-state index < -0.39 is 33.5 Å². The summed E-state index contributed by atoms with van der Waals surface area (Å²) in [6.07, 6.45) is 1.18. The van der Waals surface area contributed by atoms with Crippen LogP contribution in [0.4, 0.5) is 0 Å². The molecular formula is C22H19NO6S. The lowest BCUT2D eigenvalue weighted by Crippen LogP contribution is -2.32. The first-order valence-electron chi connectivity index (χ1n) is 9.01. The van der Waals surface area contributed by atoms with Gasteiger partial charge in [-0.15, -0.1) is 0 Å². The van der Waals surface area contributed by atoms with Crippen LogP contribution in [0, 0.1) is 12.8 Å². The van der Waals surface area contributed by atoms with Gasteiger partial charge in [-0.25, -0.2) is 0 Å². The van der Waals surface area contributed by atoms with E-state index in [1.165, 1.54) is 24.3 Å². The fraction of sp³-hybridized carbons (Fsp3) is 0.182. The van der Waals surface area contributed by atoms with E-state index in [4.69, 9.17) is 0 Å². The Hall–Kier alpha value is -3.39. The number of fused-ring (bicyclic) bond motifs is 1. The molecular weight excluding hydrogens is 406 g/mol. The van der Waals surface area contributed by atoms with E-state index in [1.54, 1.807) is 30.3 Å². The number of benzene rings is 2. The number of Topliss-reactive ketones (excluding diaryl/α,β-unsaturated/α-hetero) is 2. The van der Waals surface area contributed by atoms with Crippen LogP contribution in [0.2, 0.25) is 0 Å². The zero-order valence-corrected chi connectivity index (χ0v) is 17.4. The van der Waals surface area contributed by atoms with Crippen LogP contribution in [0.3, 0.4) is 0 Å². The van der Waals surface area contributed by atoms with E-state index in [2.05, 4.69) is 9.13 Å². The summed E-state index contributed by atoms with van der Waals surface area (Å²) < 4.78 is 34.3. The van der Waals surface area contributed by atoms with Gasteiger partial charge in [0.2, 0.25) is 0 Å². The van der Waals surface area contributed by atoms with E-state index in [0.717, 1.165) is 19.6 Å². The van der Waals surface area contributed by atoms with Crippen molar-refractivity contribution in [2.24, 2.45) is 10.3 Å². The van der Waals surface area contributed by atoms with Crippen LogP contribution in [-0.2, 0) is 24.3 Å². The zero-order valence-electron chi connectivity index (χ0n) is 16.6. The molecule has 0 bridgehead atoms. The number of ether oxygens (including phenoxy) is 1. The Balaban J connectivity index is 2.22. The molecule has 7 nitrogen and oxygen atoms in total. The summed E-state index contributed by atoms with van der Waals surface area (Å²) in [5.74, 6) is -3.52. The van der Waals surface area contributed by atoms with Crippen LogP contribution in [0.1, 0.15) is 28.4 Å². The van der Waals surface area contributed by atoms with E-state index in [-0.39, 0.29) is 21.7 Å². The molecule has 0 radical (unpaired) electrons. The molecule has 3 rings (SSSR count). The maximum absolute atomic E-state index is 13.0. The maximum Gasteiger partial charge on any atom is 0.320 e. The summed E-state index contributed by atoms with van der Waals surface area (Å²) in [4.78, 5) is 37.2. The molecule has 0 amide bonds. The number of allylic oxidation sites excluding steroid dienone is 1. The summed E-state index contributed by atoms with van der Waals surface area (Å²) in [6, 6.07) is 12.5. The topological polar surface area (TPSA) is 107 Å². The van der Waals surface area contributed by atoms with Crippen molar-refractivity contribution in [1.82, 2.24) is 0 Å². The van der Waals surface area contributed by atoms with Crippen molar-refractivity contribution in [2.75, 3.05) is 7.11 Å². The summed E-state index contributed by atoms with van der Waals surface area (Å²) in [6.45, 7) is 2.99. The minimum absolute atomic E-state index is 0.0129. The lowest BCUT2D eigenvalue weighted by molar-refractivity contribution is -0.147. The molecule has 0 aliphatic heterocycles. The van der Waals surface area contributed by atoms with Crippen LogP contribution in [-0.4, -0.2) is 38.8 Å². The fourth-order valence-electron chi connectivity index (χ4n) is 3.16. The molecule has 0 saturated heterocycles. The molecule has 1 aliphatic carbocycles. The quantitative estimate of drug-likeness (QED) is 0.538. The summed E-state index contributed by atoms with van der Waals surface area (Å²) in [5.41, 5.74) is 1.14. The Kier molecular flexibility index (Phi) is 5.80. The largest absolute Gasteiger partial charge is 0.468 e. The molecule has 2 aromatic rings. The summed E-state index contributed by atoms with van der Waals surface area (Å²) in [5, 5.41) is 0. The Labute approximate surface area is 174 Å². The van der Waals surface area contributed by atoms with E-state index >= 15 is 0 Å². The van der Waals surface area contributed by atoms with Crippen molar-refractivity contribution in [3.63, 3.8) is 0 Å². The van der Waals surface area contributed by atoms with Gasteiger partial charge >= 0.3 is 5.97 Å². The molecule has 1 aliphatic rings. The highest BCUT2D eigenvalue weighted by molar-refractivity contribution is 7.90. The average Bonchev–Trinajstić information content (AvgIpc) is 2.71. The number of aryl methyl sites for hydroxylation is 1. The second-order valence-electron chi connectivity index (χ2n) is 6.81. The molecule has 0 N–H and O–H groups in total. The standard InChI is InChI=1S/C22H19NO6S/c1-13-8-10-15(11-9-13)30(27,28)23-19-12-18(20(14(2)24)22(26)29-3)21(25)17-7-5-4-6-16(17)19/h4-12,20H,1-3H3/t20-/m1/s1. The molecule has 154 valence electrons. The number of methoxy groups -OCH3 is 1. The number of rotatable bonds is 5. The third-order valence-corrected chi connectivity index (χ3v) is 6.00. The highest BCUT2D eigenvalue weighted by Crippen LogP contribution is 2.29. The molecule has 30 heavy (non-hydrogen) atoms. The van der Waals surface area contributed by atoms with Crippen molar-refractivity contribution in [3.05, 3.63) is 76.9 Å². The van der Waals surface area contributed by atoms with Crippen LogP contribution < -0.4 is 0 Å². The number of sulfonamides is 1. The van der Waals surface area contributed by atoms with Crippen molar-refractivity contribution in [1.29, 1.82) is 0 Å². The van der Waals surface area contributed by atoms with Crippen LogP contribution in [0.25, 0.3) is 0 Å². The SMILES string of the molecule is COC(=O)[C@H](C(C)=O)C1=CC(=NS(=O)(=O)c2ccc(C)cc2)c2ccccc2C1=O. The van der Waals surface area contributed by atoms with Crippen LogP contribution in [0.5, 0.6) is 0 Å². The van der Waals surface area contributed by atoms with Gasteiger partial charge in [0, 0.05) is 16.7 Å². The number of nitrogens with zero attached hydrogens (tertiary/aromatic N) is 1. The maximum atomic E-state index is 13.0. The lowest BCUT2D eigenvalue weighted by atomic mass is 9.81. The average molecular weight is 425 g/mol. The molecule has 0 fully saturated rings.